The van der Waals surface area contributed by atoms with Gasteiger partial charge in [-0.2, -0.15) is 8.78 Å². The Morgan fingerprint density at radius 2 is 1.95 bits per heavy atom. The Balaban J connectivity index is 2.53. The minimum absolute atomic E-state index is 0.0446. The van der Waals surface area contributed by atoms with E-state index < -0.39 is 17.4 Å². The van der Waals surface area contributed by atoms with Gasteiger partial charge in [0.05, 0.1) is 0 Å². The van der Waals surface area contributed by atoms with Crippen molar-refractivity contribution in [1.29, 1.82) is 0 Å². The molecule has 2 aromatic carbocycles. The van der Waals surface area contributed by atoms with Crippen molar-refractivity contribution in [3.05, 3.63) is 42.5 Å². The van der Waals surface area contributed by atoms with Gasteiger partial charge in [-0.25, -0.2) is 0 Å². The van der Waals surface area contributed by atoms with Crippen LogP contribution in [0.1, 0.15) is 0 Å². The molecule has 1 atom stereocenters. The molecule has 20 heavy (non-hydrogen) atoms. The van der Waals surface area contributed by atoms with Gasteiger partial charge in [-0.3, -0.25) is 4.21 Å². The van der Waals surface area contributed by atoms with E-state index in [1.807, 2.05) is 0 Å². The smallest absolute Gasteiger partial charge is 0.387 e. The summed E-state index contributed by atoms with van der Waals surface area (Å²) in [5, 5.41) is 9.51. The van der Waals surface area contributed by atoms with Crippen molar-refractivity contribution in [1.82, 2.24) is 0 Å². The summed E-state index contributed by atoms with van der Waals surface area (Å²) in [5.41, 5.74) is 0.863. The van der Waals surface area contributed by atoms with Crippen LogP contribution < -0.4 is 4.74 Å². The van der Waals surface area contributed by atoms with Gasteiger partial charge in [0, 0.05) is 27.5 Å². The summed E-state index contributed by atoms with van der Waals surface area (Å²) in [6, 6.07) is 10.5. The largest absolute Gasteiger partial charge is 0.508 e. The first kappa shape index (κ1) is 14.5. The quantitative estimate of drug-likeness (QED) is 0.941. The van der Waals surface area contributed by atoms with E-state index >= 15 is 0 Å². The minimum atomic E-state index is -2.96. The van der Waals surface area contributed by atoms with Crippen LogP contribution in [0.15, 0.2) is 47.4 Å². The molecule has 0 amide bonds. The summed E-state index contributed by atoms with van der Waals surface area (Å²) in [6.07, 6.45) is 1.53. The molecule has 0 aliphatic carbocycles. The molecule has 0 bridgehead atoms. The fraction of sp³-hybridized carbons (Fsp3) is 0.143. The lowest BCUT2D eigenvalue weighted by molar-refractivity contribution is -0.0494. The first-order valence-corrected chi connectivity index (χ1v) is 7.25. The van der Waals surface area contributed by atoms with Crippen molar-refractivity contribution in [3.8, 4) is 22.6 Å². The highest BCUT2D eigenvalue weighted by Gasteiger charge is 2.13. The van der Waals surface area contributed by atoms with Gasteiger partial charge in [-0.15, -0.1) is 0 Å². The van der Waals surface area contributed by atoms with Crippen molar-refractivity contribution < 1.29 is 22.8 Å². The third-order valence-corrected chi connectivity index (χ3v) is 3.57. The summed E-state index contributed by atoms with van der Waals surface area (Å²) >= 11 is 0. The maximum absolute atomic E-state index is 12.4. The number of hydrogen-bond donors (Lipinski definition) is 1. The monoisotopic (exact) mass is 298 g/mol. The second-order valence-electron chi connectivity index (χ2n) is 4.04. The third-order valence-electron chi connectivity index (χ3n) is 2.66. The van der Waals surface area contributed by atoms with Crippen molar-refractivity contribution in [2.45, 2.75) is 11.5 Å². The Morgan fingerprint density at radius 1 is 1.20 bits per heavy atom. The summed E-state index contributed by atoms with van der Waals surface area (Å²) in [7, 11) is -1.19. The van der Waals surface area contributed by atoms with E-state index in [-0.39, 0.29) is 11.5 Å². The zero-order valence-corrected chi connectivity index (χ0v) is 11.4. The van der Waals surface area contributed by atoms with Crippen LogP contribution in [0.5, 0.6) is 11.5 Å². The van der Waals surface area contributed by atoms with E-state index in [1.54, 1.807) is 24.3 Å². The highest BCUT2D eigenvalue weighted by Crippen LogP contribution is 2.34. The van der Waals surface area contributed by atoms with Gasteiger partial charge in [0.1, 0.15) is 11.5 Å². The lowest BCUT2D eigenvalue weighted by atomic mass is 10.0. The first-order valence-electron chi connectivity index (χ1n) is 5.69. The molecule has 0 aliphatic rings. The van der Waals surface area contributed by atoms with Gasteiger partial charge in [0.25, 0.3) is 0 Å². The van der Waals surface area contributed by atoms with E-state index in [2.05, 4.69) is 4.74 Å². The molecule has 3 nitrogen and oxygen atoms in total. The number of benzene rings is 2. The Morgan fingerprint density at radius 3 is 2.60 bits per heavy atom. The van der Waals surface area contributed by atoms with Crippen molar-refractivity contribution in [3.63, 3.8) is 0 Å². The lowest BCUT2D eigenvalue weighted by Crippen LogP contribution is -2.03. The summed E-state index contributed by atoms with van der Waals surface area (Å²) in [4.78, 5) is 0.564. The predicted octanol–water partition coefficient (Wildman–Crippen LogP) is 3.40. The molecule has 6 heteroatoms. The highest BCUT2D eigenvalue weighted by atomic mass is 32.2. The molecule has 2 rings (SSSR count). The molecule has 1 N–H and O–H groups in total. The van der Waals surface area contributed by atoms with Gasteiger partial charge < -0.3 is 9.84 Å². The number of rotatable bonds is 4. The van der Waals surface area contributed by atoms with Crippen LogP contribution in [0.3, 0.4) is 0 Å². The molecule has 0 fully saturated rings. The topological polar surface area (TPSA) is 46.5 Å². The molecule has 0 saturated heterocycles. The van der Waals surface area contributed by atoms with E-state index in [9.17, 15) is 18.1 Å². The Hall–Kier alpha value is -1.95. The van der Waals surface area contributed by atoms with Gasteiger partial charge in [0.15, 0.2) is 0 Å². The number of aromatic hydroxyl groups is 1. The Kier molecular flexibility index (Phi) is 4.34. The summed E-state index contributed by atoms with van der Waals surface area (Å²) in [5.74, 6) is -0.110. The number of phenols is 1. The summed E-state index contributed by atoms with van der Waals surface area (Å²) < 4.78 is 40.7. The zero-order valence-electron chi connectivity index (χ0n) is 10.5. The lowest BCUT2D eigenvalue weighted by Gasteiger charge is -2.12. The fourth-order valence-electron chi connectivity index (χ4n) is 1.78. The van der Waals surface area contributed by atoms with Crippen LogP contribution >= 0.6 is 0 Å². The first-order chi connectivity index (χ1) is 9.47. The van der Waals surface area contributed by atoms with E-state index in [0.717, 1.165) is 0 Å². The molecular formula is C14H12F2O3S. The number of halogens is 2. The van der Waals surface area contributed by atoms with E-state index in [0.29, 0.717) is 16.0 Å². The number of phenolic OH excluding ortho intramolecular Hbond substituents is 1. The summed E-state index contributed by atoms with van der Waals surface area (Å²) in [6.45, 7) is -2.96. The van der Waals surface area contributed by atoms with Crippen molar-refractivity contribution in [2.75, 3.05) is 6.26 Å². The molecular weight excluding hydrogens is 286 g/mol. The second-order valence-corrected chi connectivity index (χ2v) is 5.42. The zero-order chi connectivity index (χ0) is 14.7. The molecule has 106 valence electrons. The maximum Gasteiger partial charge on any atom is 0.387 e. The molecule has 0 aromatic heterocycles. The van der Waals surface area contributed by atoms with Gasteiger partial charge in [-0.05, 0) is 35.9 Å². The molecule has 0 aliphatic heterocycles. The number of hydrogen-bond acceptors (Lipinski definition) is 3. The maximum atomic E-state index is 12.4. The molecule has 2 aromatic rings. The van der Waals surface area contributed by atoms with Gasteiger partial charge in [-0.1, -0.05) is 12.1 Å². The average Bonchev–Trinajstić information content (AvgIpc) is 2.40. The Bertz CT molecular complexity index is 644. The van der Waals surface area contributed by atoms with Gasteiger partial charge in [0.2, 0.25) is 0 Å². The van der Waals surface area contributed by atoms with Crippen LogP contribution in [0.4, 0.5) is 8.78 Å². The number of alkyl halides is 2. The van der Waals surface area contributed by atoms with Crippen LogP contribution in [0, 0.1) is 0 Å². The van der Waals surface area contributed by atoms with Crippen LogP contribution in [0.2, 0.25) is 0 Å². The third kappa shape index (κ3) is 3.33. The molecule has 0 heterocycles. The van der Waals surface area contributed by atoms with Crippen molar-refractivity contribution in [2.24, 2.45) is 0 Å². The Labute approximate surface area is 117 Å². The average molecular weight is 298 g/mol. The molecule has 0 saturated carbocycles. The molecule has 1 unspecified atom stereocenters. The van der Waals surface area contributed by atoms with Gasteiger partial charge >= 0.3 is 6.61 Å². The predicted molar refractivity (Wildman–Crippen MR) is 72.5 cm³/mol. The standard InChI is InChI=1S/C14H12F2O3S/c1-20(18)11-4-2-3-9(7-11)12-8-10(17)5-6-13(12)19-14(15)16/h2-8,14,17H,1H3. The minimum Gasteiger partial charge on any atom is -0.508 e. The van der Waals surface area contributed by atoms with E-state index in [1.165, 1.54) is 24.5 Å². The molecule has 0 spiro atoms. The van der Waals surface area contributed by atoms with Crippen LogP contribution in [0.25, 0.3) is 11.1 Å². The normalized spacial score (nSPS) is 12.4. The van der Waals surface area contributed by atoms with Crippen molar-refractivity contribution >= 4 is 10.8 Å². The highest BCUT2D eigenvalue weighted by molar-refractivity contribution is 7.84. The van der Waals surface area contributed by atoms with E-state index in [4.69, 9.17) is 0 Å². The SMILES string of the molecule is CS(=O)c1cccc(-c2cc(O)ccc2OC(F)F)c1. The van der Waals surface area contributed by atoms with Crippen LogP contribution in [-0.4, -0.2) is 22.2 Å². The second kappa shape index (κ2) is 6.00. The molecule has 0 radical (unpaired) electrons. The van der Waals surface area contributed by atoms with Crippen LogP contribution in [-0.2, 0) is 10.8 Å². The fourth-order valence-corrected chi connectivity index (χ4v) is 2.35. The number of ether oxygens (including phenoxy) is 1.